The summed E-state index contributed by atoms with van der Waals surface area (Å²) in [6, 6.07) is 13.8. The molecule has 0 radical (unpaired) electrons. The summed E-state index contributed by atoms with van der Waals surface area (Å²) in [4.78, 5) is 16.5. The fraction of sp³-hybridized carbons (Fsp3) is 0.400. The van der Waals surface area contributed by atoms with E-state index in [1.807, 2.05) is 18.2 Å². The minimum absolute atomic E-state index is 0.0436. The summed E-state index contributed by atoms with van der Waals surface area (Å²) >= 11 is 0. The van der Waals surface area contributed by atoms with E-state index in [1.165, 1.54) is 11.1 Å². The van der Waals surface area contributed by atoms with Gasteiger partial charge in [0.25, 0.3) is 0 Å². The lowest BCUT2D eigenvalue weighted by Crippen LogP contribution is -2.51. The maximum atomic E-state index is 12.3. The van der Waals surface area contributed by atoms with Gasteiger partial charge in [-0.2, -0.15) is 0 Å². The van der Waals surface area contributed by atoms with Crippen LogP contribution in [0.3, 0.4) is 0 Å². The molecule has 1 aromatic heterocycles. The SMILES string of the molecule is Cc1ccc(CCC(=O)NC2CCOCC2Oc2ccccn2)cc1. The van der Waals surface area contributed by atoms with Crippen LogP contribution in [-0.4, -0.2) is 36.3 Å². The van der Waals surface area contributed by atoms with Crippen molar-refractivity contribution in [1.82, 2.24) is 10.3 Å². The second-order valence-electron chi connectivity index (χ2n) is 6.35. The van der Waals surface area contributed by atoms with Crippen molar-refractivity contribution in [3.05, 3.63) is 59.8 Å². The lowest BCUT2D eigenvalue weighted by atomic mass is 10.0. The van der Waals surface area contributed by atoms with Crippen molar-refractivity contribution in [3.8, 4) is 5.88 Å². The molecule has 1 fully saturated rings. The summed E-state index contributed by atoms with van der Waals surface area (Å²) in [6.45, 7) is 3.15. The Balaban J connectivity index is 1.52. The largest absolute Gasteiger partial charge is 0.470 e. The van der Waals surface area contributed by atoms with Crippen LogP contribution < -0.4 is 10.1 Å². The Morgan fingerprint density at radius 3 is 2.88 bits per heavy atom. The molecule has 2 heterocycles. The van der Waals surface area contributed by atoms with Crippen molar-refractivity contribution in [2.24, 2.45) is 0 Å². The van der Waals surface area contributed by atoms with Gasteiger partial charge >= 0.3 is 0 Å². The molecule has 0 spiro atoms. The highest BCUT2D eigenvalue weighted by Crippen LogP contribution is 2.16. The summed E-state index contributed by atoms with van der Waals surface area (Å²) in [6.07, 6.45) is 3.42. The normalized spacial score (nSPS) is 20.0. The van der Waals surface area contributed by atoms with E-state index in [0.29, 0.717) is 25.5 Å². The summed E-state index contributed by atoms with van der Waals surface area (Å²) in [5, 5.41) is 3.10. The Hall–Kier alpha value is -2.40. The van der Waals surface area contributed by atoms with Crippen LogP contribution in [0.25, 0.3) is 0 Å². The maximum Gasteiger partial charge on any atom is 0.220 e. The highest BCUT2D eigenvalue weighted by molar-refractivity contribution is 5.76. The van der Waals surface area contributed by atoms with Gasteiger partial charge < -0.3 is 14.8 Å². The third-order valence-corrected chi connectivity index (χ3v) is 4.32. The van der Waals surface area contributed by atoms with Crippen LogP contribution in [0.5, 0.6) is 5.88 Å². The molecular weight excluding hydrogens is 316 g/mol. The number of ether oxygens (including phenoxy) is 2. The number of nitrogens with zero attached hydrogens (tertiary/aromatic N) is 1. The average Bonchev–Trinajstić information content (AvgIpc) is 2.64. The molecule has 1 aliphatic rings. The molecule has 3 rings (SSSR count). The first kappa shape index (κ1) is 17.4. The number of amides is 1. The molecule has 2 unspecified atom stereocenters. The Morgan fingerprint density at radius 2 is 2.12 bits per heavy atom. The Bertz CT molecular complexity index is 673. The van der Waals surface area contributed by atoms with E-state index in [0.717, 1.165) is 12.8 Å². The van der Waals surface area contributed by atoms with Crippen LogP contribution in [0, 0.1) is 6.92 Å². The van der Waals surface area contributed by atoms with Gasteiger partial charge in [-0.1, -0.05) is 35.9 Å². The number of hydrogen-bond acceptors (Lipinski definition) is 4. The van der Waals surface area contributed by atoms with Gasteiger partial charge in [0.15, 0.2) is 0 Å². The molecule has 2 atom stereocenters. The summed E-state index contributed by atoms with van der Waals surface area (Å²) in [5.74, 6) is 0.596. The molecule has 132 valence electrons. The smallest absolute Gasteiger partial charge is 0.220 e. The first-order valence-corrected chi connectivity index (χ1v) is 8.71. The molecule has 0 aliphatic carbocycles. The number of aryl methyl sites for hydroxylation is 2. The molecule has 5 heteroatoms. The van der Waals surface area contributed by atoms with E-state index >= 15 is 0 Å². The van der Waals surface area contributed by atoms with Gasteiger partial charge in [0, 0.05) is 25.3 Å². The molecule has 5 nitrogen and oxygen atoms in total. The molecule has 0 bridgehead atoms. The van der Waals surface area contributed by atoms with Crippen molar-refractivity contribution < 1.29 is 14.3 Å². The Morgan fingerprint density at radius 1 is 1.28 bits per heavy atom. The average molecular weight is 340 g/mol. The van der Waals surface area contributed by atoms with Gasteiger partial charge in [-0.05, 0) is 31.4 Å². The number of carbonyl (C=O) groups excluding carboxylic acids is 1. The van der Waals surface area contributed by atoms with E-state index in [1.54, 1.807) is 6.20 Å². The van der Waals surface area contributed by atoms with Crippen molar-refractivity contribution >= 4 is 5.91 Å². The minimum Gasteiger partial charge on any atom is -0.470 e. The van der Waals surface area contributed by atoms with Crippen LogP contribution in [-0.2, 0) is 16.0 Å². The predicted octanol–water partition coefficient (Wildman–Crippen LogP) is 2.68. The Kier molecular flexibility index (Phi) is 6.01. The monoisotopic (exact) mass is 340 g/mol. The number of pyridine rings is 1. The zero-order chi connectivity index (χ0) is 17.5. The molecule has 25 heavy (non-hydrogen) atoms. The number of carbonyl (C=O) groups is 1. The van der Waals surface area contributed by atoms with E-state index in [9.17, 15) is 4.79 Å². The number of hydrogen-bond donors (Lipinski definition) is 1. The van der Waals surface area contributed by atoms with E-state index in [4.69, 9.17) is 9.47 Å². The quantitative estimate of drug-likeness (QED) is 0.878. The second kappa shape index (κ2) is 8.62. The van der Waals surface area contributed by atoms with Gasteiger partial charge in [-0.3, -0.25) is 4.79 Å². The first-order chi connectivity index (χ1) is 12.2. The highest BCUT2D eigenvalue weighted by atomic mass is 16.5. The fourth-order valence-electron chi connectivity index (χ4n) is 2.86. The van der Waals surface area contributed by atoms with Gasteiger partial charge in [0.05, 0.1) is 12.6 Å². The highest BCUT2D eigenvalue weighted by Gasteiger charge is 2.29. The van der Waals surface area contributed by atoms with Gasteiger partial charge in [0.1, 0.15) is 6.10 Å². The molecule has 1 amide bonds. The van der Waals surface area contributed by atoms with Crippen molar-refractivity contribution in [1.29, 1.82) is 0 Å². The van der Waals surface area contributed by atoms with Gasteiger partial charge in [-0.15, -0.1) is 0 Å². The third kappa shape index (κ3) is 5.29. The lowest BCUT2D eigenvalue weighted by molar-refractivity contribution is -0.124. The van der Waals surface area contributed by atoms with Crippen molar-refractivity contribution in [3.63, 3.8) is 0 Å². The lowest BCUT2D eigenvalue weighted by Gasteiger charge is -2.32. The number of aromatic nitrogens is 1. The second-order valence-corrected chi connectivity index (χ2v) is 6.35. The molecular formula is C20H24N2O3. The van der Waals surface area contributed by atoms with Crippen LogP contribution in [0.4, 0.5) is 0 Å². The van der Waals surface area contributed by atoms with E-state index < -0.39 is 0 Å². The van der Waals surface area contributed by atoms with Crippen LogP contribution in [0.15, 0.2) is 48.7 Å². The molecule has 1 N–H and O–H groups in total. The summed E-state index contributed by atoms with van der Waals surface area (Å²) in [5.41, 5.74) is 2.40. The van der Waals surface area contributed by atoms with Crippen molar-refractivity contribution in [2.75, 3.05) is 13.2 Å². The molecule has 1 aliphatic heterocycles. The zero-order valence-electron chi connectivity index (χ0n) is 14.5. The van der Waals surface area contributed by atoms with E-state index in [2.05, 4.69) is 41.5 Å². The van der Waals surface area contributed by atoms with Gasteiger partial charge in [0.2, 0.25) is 11.8 Å². The van der Waals surface area contributed by atoms with Gasteiger partial charge in [-0.25, -0.2) is 4.98 Å². The number of nitrogens with one attached hydrogen (secondary N) is 1. The fourth-order valence-corrected chi connectivity index (χ4v) is 2.86. The zero-order valence-corrected chi connectivity index (χ0v) is 14.5. The number of rotatable bonds is 6. The molecule has 2 aromatic rings. The molecule has 1 aromatic carbocycles. The standard InChI is InChI=1S/C20H24N2O3/c1-15-5-7-16(8-6-15)9-10-19(23)22-17-11-13-24-14-18(17)25-20-4-2-3-12-21-20/h2-8,12,17-18H,9-11,13-14H2,1H3,(H,22,23). The third-order valence-electron chi connectivity index (χ3n) is 4.32. The first-order valence-electron chi connectivity index (χ1n) is 8.71. The van der Waals surface area contributed by atoms with Crippen molar-refractivity contribution in [2.45, 2.75) is 38.3 Å². The van der Waals surface area contributed by atoms with Crippen LogP contribution in [0.1, 0.15) is 24.0 Å². The van der Waals surface area contributed by atoms with E-state index in [-0.39, 0.29) is 18.1 Å². The Labute approximate surface area is 148 Å². The predicted molar refractivity (Wildman–Crippen MR) is 95.5 cm³/mol. The van der Waals surface area contributed by atoms with Crippen LogP contribution >= 0.6 is 0 Å². The maximum absolute atomic E-state index is 12.3. The topological polar surface area (TPSA) is 60.5 Å². The molecule has 1 saturated heterocycles. The number of benzene rings is 1. The van der Waals surface area contributed by atoms with Crippen LogP contribution in [0.2, 0.25) is 0 Å². The summed E-state index contributed by atoms with van der Waals surface area (Å²) in [7, 11) is 0. The summed E-state index contributed by atoms with van der Waals surface area (Å²) < 4.78 is 11.4. The minimum atomic E-state index is -0.216. The molecule has 0 saturated carbocycles.